The Bertz CT molecular complexity index is 1040. The summed E-state index contributed by atoms with van der Waals surface area (Å²) in [5, 5.41) is 0. The summed E-state index contributed by atoms with van der Waals surface area (Å²) in [6.07, 6.45) is 1.56. The lowest BCUT2D eigenvalue weighted by Gasteiger charge is -2.21. The average molecular weight is 377 g/mol. The van der Waals surface area contributed by atoms with Crippen LogP contribution in [0.4, 0.5) is 5.69 Å². The van der Waals surface area contributed by atoms with Crippen molar-refractivity contribution in [3.05, 3.63) is 71.8 Å². The number of rotatable bonds is 4. The number of anilines is 1. The quantitative estimate of drug-likeness (QED) is 0.653. The van der Waals surface area contributed by atoms with E-state index in [-0.39, 0.29) is 24.8 Å². The van der Waals surface area contributed by atoms with Crippen molar-refractivity contribution < 1.29 is 19.1 Å². The van der Waals surface area contributed by atoms with Gasteiger partial charge in [-0.05, 0) is 43.3 Å². The molecule has 1 aromatic heterocycles. The summed E-state index contributed by atoms with van der Waals surface area (Å²) in [7, 11) is 1.59. The third-order valence-electron chi connectivity index (χ3n) is 4.67. The van der Waals surface area contributed by atoms with E-state index in [1.54, 1.807) is 48.0 Å². The molecule has 0 N–H and O–H groups in total. The highest BCUT2D eigenvalue weighted by Gasteiger charge is 2.31. The predicted molar refractivity (Wildman–Crippen MR) is 103 cm³/mol. The number of para-hydroxylation sites is 1. The van der Waals surface area contributed by atoms with Crippen molar-refractivity contribution >= 4 is 17.6 Å². The second kappa shape index (κ2) is 7.19. The molecule has 3 aromatic rings. The molecule has 7 nitrogen and oxygen atoms in total. The lowest BCUT2D eigenvalue weighted by molar-refractivity contribution is 0.0518. The maximum atomic E-state index is 13.3. The molecular formula is C21H19N3O4. The van der Waals surface area contributed by atoms with Crippen molar-refractivity contribution in [3.8, 4) is 11.4 Å². The first-order valence-corrected chi connectivity index (χ1v) is 8.92. The first-order valence-electron chi connectivity index (χ1n) is 8.92. The van der Waals surface area contributed by atoms with Crippen LogP contribution in [0, 0.1) is 0 Å². The van der Waals surface area contributed by atoms with Gasteiger partial charge in [-0.1, -0.05) is 12.1 Å². The van der Waals surface area contributed by atoms with E-state index in [9.17, 15) is 9.59 Å². The number of carbonyl (C=O) groups excluding carboxylic acids is 2. The number of hydrogen-bond acceptors (Lipinski definition) is 5. The number of ether oxygens (including phenoxy) is 2. The van der Waals surface area contributed by atoms with E-state index in [2.05, 4.69) is 4.98 Å². The molecule has 0 saturated heterocycles. The molecule has 4 rings (SSSR count). The SMILES string of the molecule is CCOC(=O)c1ncn2c1CN(c1ccc(OC)cc1)C(=O)c1ccccc1-2. The molecule has 0 saturated carbocycles. The van der Waals surface area contributed by atoms with Crippen molar-refractivity contribution in [3.63, 3.8) is 0 Å². The molecule has 0 bridgehead atoms. The van der Waals surface area contributed by atoms with E-state index in [4.69, 9.17) is 9.47 Å². The second-order valence-corrected chi connectivity index (χ2v) is 6.24. The number of imidazole rings is 1. The smallest absolute Gasteiger partial charge is 0.358 e. The first kappa shape index (κ1) is 17.8. The summed E-state index contributed by atoms with van der Waals surface area (Å²) in [5.74, 6) is 0.0423. The summed E-state index contributed by atoms with van der Waals surface area (Å²) in [4.78, 5) is 31.6. The highest BCUT2D eigenvalue weighted by molar-refractivity contribution is 6.09. The largest absolute Gasteiger partial charge is 0.497 e. The van der Waals surface area contributed by atoms with Crippen LogP contribution in [0.2, 0.25) is 0 Å². The van der Waals surface area contributed by atoms with E-state index < -0.39 is 5.97 Å². The normalized spacial score (nSPS) is 12.8. The number of methoxy groups -OCH3 is 1. The van der Waals surface area contributed by atoms with Crippen molar-refractivity contribution in [1.82, 2.24) is 9.55 Å². The van der Waals surface area contributed by atoms with Gasteiger partial charge in [0.05, 0.1) is 37.2 Å². The van der Waals surface area contributed by atoms with Gasteiger partial charge < -0.3 is 14.4 Å². The standard InChI is InChI=1S/C21H19N3O4/c1-3-28-21(26)19-18-12-23(14-8-10-15(27-2)11-9-14)20(25)16-6-4-5-7-17(16)24(18)13-22-19/h4-11,13H,3,12H2,1-2H3. The molecular weight excluding hydrogens is 358 g/mol. The van der Waals surface area contributed by atoms with Crippen LogP contribution in [0.3, 0.4) is 0 Å². The second-order valence-electron chi connectivity index (χ2n) is 6.24. The zero-order valence-corrected chi connectivity index (χ0v) is 15.6. The molecule has 2 heterocycles. The third kappa shape index (κ3) is 2.90. The Labute approximate surface area is 162 Å². The van der Waals surface area contributed by atoms with Gasteiger partial charge in [-0.2, -0.15) is 0 Å². The fraction of sp³-hybridized carbons (Fsp3) is 0.190. The minimum Gasteiger partial charge on any atom is -0.497 e. The number of nitrogens with zero attached hydrogens (tertiary/aromatic N) is 3. The summed E-state index contributed by atoms with van der Waals surface area (Å²) in [6, 6.07) is 14.5. The molecule has 1 aliphatic rings. The molecule has 28 heavy (non-hydrogen) atoms. The van der Waals surface area contributed by atoms with E-state index in [0.717, 1.165) is 0 Å². The predicted octanol–water partition coefficient (Wildman–Crippen LogP) is 3.22. The topological polar surface area (TPSA) is 73.7 Å². The zero-order chi connectivity index (χ0) is 19.7. The Morgan fingerprint density at radius 1 is 1.14 bits per heavy atom. The Balaban J connectivity index is 1.87. The Hall–Kier alpha value is -3.61. The van der Waals surface area contributed by atoms with Gasteiger partial charge in [-0.3, -0.25) is 9.36 Å². The van der Waals surface area contributed by atoms with Crippen LogP contribution in [0.15, 0.2) is 54.9 Å². The molecule has 0 spiro atoms. The number of carbonyl (C=O) groups is 2. The zero-order valence-electron chi connectivity index (χ0n) is 15.6. The number of benzene rings is 2. The molecule has 7 heteroatoms. The highest BCUT2D eigenvalue weighted by Crippen LogP contribution is 2.30. The summed E-state index contributed by atoms with van der Waals surface area (Å²) in [5.41, 5.74) is 2.73. The van der Waals surface area contributed by atoms with Gasteiger partial charge in [0.2, 0.25) is 0 Å². The van der Waals surface area contributed by atoms with Gasteiger partial charge in [0, 0.05) is 5.69 Å². The van der Waals surface area contributed by atoms with E-state index in [1.165, 1.54) is 0 Å². The lowest BCUT2D eigenvalue weighted by Crippen LogP contribution is -2.30. The number of hydrogen-bond donors (Lipinski definition) is 0. The van der Waals surface area contributed by atoms with Gasteiger partial charge in [-0.25, -0.2) is 9.78 Å². The fourth-order valence-corrected chi connectivity index (χ4v) is 3.30. The minimum atomic E-state index is -0.502. The Kier molecular flexibility index (Phi) is 4.57. The maximum Gasteiger partial charge on any atom is 0.358 e. The van der Waals surface area contributed by atoms with Gasteiger partial charge >= 0.3 is 5.97 Å². The molecule has 0 aliphatic carbocycles. The number of aromatic nitrogens is 2. The number of esters is 1. The molecule has 142 valence electrons. The van der Waals surface area contributed by atoms with Gasteiger partial charge in [-0.15, -0.1) is 0 Å². The fourth-order valence-electron chi connectivity index (χ4n) is 3.30. The third-order valence-corrected chi connectivity index (χ3v) is 4.67. The molecule has 0 radical (unpaired) electrons. The molecule has 2 aromatic carbocycles. The number of fused-ring (bicyclic) bond motifs is 3. The van der Waals surface area contributed by atoms with Crippen molar-refractivity contribution in [1.29, 1.82) is 0 Å². The molecule has 1 amide bonds. The van der Waals surface area contributed by atoms with E-state index in [0.29, 0.717) is 28.4 Å². The van der Waals surface area contributed by atoms with Crippen LogP contribution in [0.5, 0.6) is 5.75 Å². The van der Waals surface area contributed by atoms with Crippen LogP contribution in [0.25, 0.3) is 5.69 Å². The molecule has 0 atom stereocenters. The Morgan fingerprint density at radius 3 is 2.61 bits per heavy atom. The minimum absolute atomic E-state index is 0.153. The van der Waals surface area contributed by atoms with Crippen molar-refractivity contribution in [2.24, 2.45) is 0 Å². The van der Waals surface area contributed by atoms with Crippen LogP contribution >= 0.6 is 0 Å². The molecule has 0 unspecified atom stereocenters. The van der Waals surface area contributed by atoms with Gasteiger partial charge in [0.15, 0.2) is 5.69 Å². The maximum absolute atomic E-state index is 13.3. The Morgan fingerprint density at radius 2 is 1.89 bits per heavy atom. The van der Waals surface area contributed by atoms with Crippen LogP contribution in [-0.2, 0) is 11.3 Å². The van der Waals surface area contributed by atoms with Crippen LogP contribution < -0.4 is 9.64 Å². The van der Waals surface area contributed by atoms with E-state index in [1.807, 2.05) is 30.3 Å². The van der Waals surface area contributed by atoms with Gasteiger partial charge in [0.25, 0.3) is 5.91 Å². The average Bonchev–Trinajstić information content (AvgIpc) is 3.10. The van der Waals surface area contributed by atoms with Crippen molar-refractivity contribution in [2.75, 3.05) is 18.6 Å². The van der Waals surface area contributed by atoms with Crippen molar-refractivity contribution in [2.45, 2.75) is 13.5 Å². The molecule has 0 fully saturated rings. The highest BCUT2D eigenvalue weighted by atomic mass is 16.5. The van der Waals surface area contributed by atoms with Crippen LogP contribution in [-0.4, -0.2) is 35.1 Å². The summed E-state index contributed by atoms with van der Waals surface area (Å²) in [6.45, 7) is 2.19. The monoisotopic (exact) mass is 377 g/mol. The first-order chi connectivity index (χ1) is 13.6. The van der Waals surface area contributed by atoms with Crippen LogP contribution in [0.1, 0.15) is 33.5 Å². The van der Waals surface area contributed by atoms with E-state index >= 15 is 0 Å². The number of amides is 1. The summed E-state index contributed by atoms with van der Waals surface area (Å²) < 4.78 is 12.1. The van der Waals surface area contributed by atoms with Gasteiger partial charge in [0.1, 0.15) is 12.1 Å². The molecule has 1 aliphatic heterocycles. The lowest BCUT2D eigenvalue weighted by atomic mass is 10.1. The summed E-state index contributed by atoms with van der Waals surface area (Å²) >= 11 is 0.